The van der Waals surface area contributed by atoms with Gasteiger partial charge >= 0.3 is 5.97 Å². The van der Waals surface area contributed by atoms with Crippen LogP contribution in [0.15, 0.2) is 72.8 Å². The van der Waals surface area contributed by atoms with Crippen molar-refractivity contribution in [2.75, 3.05) is 11.9 Å². The van der Waals surface area contributed by atoms with E-state index in [4.69, 9.17) is 9.47 Å². The number of carboxylic acid groups (broad SMARTS) is 1. The van der Waals surface area contributed by atoms with Crippen molar-refractivity contribution in [3.05, 3.63) is 78.4 Å². The molecule has 0 radical (unpaired) electrons. The Morgan fingerprint density at radius 3 is 2.19 bits per heavy atom. The molecule has 6 heteroatoms. The van der Waals surface area contributed by atoms with E-state index in [-0.39, 0.29) is 12.5 Å². The highest BCUT2D eigenvalue weighted by Gasteiger charge is 2.29. The summed E-state index contributed by atoms with van der Waals surface area (Å²) in [4.78, 5) is 23.5. The van der Waals surface area contributed by atoms with E-state index >= 15 is 0 Å². The van der Waals surface area contributed by atoms with Crippen LogP contribution in [0.3, 0.4) is 0 Å². The molecule has 0 aromatic heterocycles. The smallest absolute Gasteiger partial charge is 0.347 e. The quantitative estimate of drug-likeness (QED) is 0.541. The third-order valence-corrected chi connectivity index (χ3v) is 4.67. The number of carbonyl (C=O) groups excluding carboxylic acids is 1. The fraction of sp³-hybridized carbons (Fsp3) is 0.200. The van der Waals surface area contributed by atoms with Crippen LogP contribution in [0.2, 0.25) is 0 Å². The molecule has 160 valence electrons. The highest BCUT2D eigenvalue weighted by molar-refractivity contribution is 5.92. The van der Waals surface area contributed by atoms with Gasteiger partial charge in [-0.1, -0.05) is 42.5 Å². The van der Waals surface area contributed by atoms with Gasteiger partial charge in [0.2, 0.25) is 0 Å². The van der Waals surface area contributed by atoms with Crippen LogP contribution in [0, 0.1) is 6.92 Å². The maximum absolute atomic E-state index is 12.2. The highest BCUT2D eigenvalue weighted by atomic mass is 16.5. The number of aliphatic carboxylic acids is 1. The lowest BCUT2D eigenvalue weighted by Gasteiger charge is -2.23. The fourth-order valence-electron chi connectivity index (χ4n) is 2.87. The highest BCUT2D eigenvalue weighted by Crippen LogP contribution is 2.27. The molecule has 0 atom stereocenters. The molecule has 31 heavy (non-hydrogen) atoms. The predicted octanol–water partition coefficient (Wildman–Crippen LogP) is 4.92. The number of hydrogen-bond donors (Lipinski definition) is 2. The van der Waals surface area contributed by atoms with Crippen molar-refractivity contribution in [1.82, 2.24) is 0 Å². The van der Waals surface area contributed by atoms with Crippen molar-refractivity contribution >= 4 is 17.6 Å². The lowest BCUT2D eigenvalue weighted by molar-refractivity contribution is -0.152. The monoisotopic (exact) mass is 419 g/mol. The summed E-state index contributed by atoms with van der Waals surface area (Å²) in [5.74, 6) is -0.395. The largest absolute Gasteiger partial charge is 0.484 e. The van der Waals surface area contributed by atoms with Gasteiger partial charge in [-0.05, 0) is 67.8 Å². The van der Waals surface area contributed by atoms with Crippen LogP contribution >= 0.6 is 0 Å². The van der Waals surface area contributed by atoms with Crippen LogP contribution in [-0.2, 0) is 9.59 Å². The van der Waals surface area contributed by atoms with E-state index in [1.807, 2.05) is 54.6 Å². The zero-order valence-corrected chi connectivity index (χ0v) is 17.7. The number of carboxylic acids is 1. The first-order chi connectivity index (χ1) is 14.7. The van der Waals surface area contributed by atoms with Crippen molar-refractivity contribution in [3.8, 4) is 22.6 Å². The number of anilines is 1. The maximum Gasteiger partial charge on any atom is 0.347 e. The summed E-state index contributed by atoms with van der Waals surface area (Å²) < 4.78 is 11.1. The molecule has 0 heterocycles. The fourth-order valence-corrected chi connectivity index (χ4v) is 2.87. The second-order valence-electron chi connectivity index (χ2n) is 7.63. The molecule has 0 bridgehead atoms. The zero-order valence-electron chi connectivity index (χ0n) is 17.7. The first-order valence-corrected chi connectivity index (χ1v) is 9.86. The van der Waals surface area contributed by atoms with Gasteiger partial charge in [-0.25, -0.2) is 4.79 Å². The number of carbonyl (C=O) groups is 2. The van der Waals surface area contributed by atoms with Crippen LogP contribution in [0.1, 0.15) is 19.4 Å². The first kappa shape index (κ1) is 21.9. The normalized spacial score (nSPS) is 10.9. The molecule has 0 saturated carbocycles. The first-order valence-electron chi connectivity index (χ1n) is 9.86. The van der Waals surface area contributed by atoms with Crippen LogP contribution in [0.4, 0.5) is 5.69 Å². The molecule has 0 fully saturated rings. The van der Waals surface area contributed by atoms with E-state index < -0.39 is 11.6 Å². The number of benzene rings is 3. The molecule has 0 aliphatic rings. The van der Waals surface area contributed by atoms with Gasteiger partial charge in [-0.15, -0.1) is 0 Å². The van der Waals surface area contributed by atoms with E-state index in [9.17, 15) is 14.7 Å². The number of nitrogens with one attached hydrogen (secondary N) is 1. The van der Waals surface area contributed by atoms with Gasteiger partial charge < -0.3 is 19.9 Å². The van der Waals surface area contributed by atoms with Crippen LogP contribution in [-0.4, -0.2) is 29.2 Å². The third kappa shape index (κ3) is 5.85. The molecule has 6 nitrogen and oxygen atoms in total. The molecule has 0 unspecified atom stereocenters. The van der Waals surface area contributed by atoms with Gasteiger partial charge in [-0.3, -0.25) is 4.79 Å². The Bertz CT molecular complexity index is 1060. The van der Waals surface area contributed by atoms with Crippen molar-refractivity contribution < 1.29 is 24.2 Å². The molecule has 1 amide bonds. The minimum absolute atomic E-state index is 0.152. The number of ether oxygens (including phenoxy) is 2. The molecule has 3 rings (SSSR count). The van der Waals surface area contributed by atoms with E-state index in [0.717, 1.165) is 11.1 Å². The molecular weight excluding hydrogens is 394 g/mol. The summed E-state index contributed by atoms with van der Waals surface area (Å²) in [5.41, 5.74) is 2.23. The van der Waals surface area contributed by atoms with Crippen molar-refractivity contribution in [2.45, 2.75) is 26.4 Å². The molecule has 2 N–H and O–H groups in total. The zero-order chi connectivity index (χ0) is 22.4. The minimum atomic E-state index is -1.34. The molecule has 0 aliphatic carbocycles. The molecule has 0 aliphatic heterocycles. The van der Waals surface area contributed by atoms with Crippen molar-refractivity contribution in [2.24, 2.45) is 0 Å². The standard InChI is InChI=1S/C25H25NO5/c1-17-15-21(13-14-22(17)31-25(2,3)24(28)29)30-16-23(27)26-20-11-9-19(10-12-20)18-7-5-4-6-8-18/h4-15H,16H2,1-3H3,(H,26,27)(H,28,29). The summed E-state index contributed by atoms with van der Waals surface area (Å²) in [6.45, 7) is 4.60. The topological polar surface area (TPSA) is 84.9 Å². The summed E-state index contributed by atoms with van der Waals surface area (Å²) in [6.07, 6.45) is 0. The molecule has 3 aromatic carbocycles. The van der Waals surface area contributed by atoms with Gasteiger partial charge in [0.1, 0.15) is 11.5 Å². The number of hydrogen-bond acceptors (Lipinski definition) is 4. The lowest BCUT2D eigenvalue weighted by atomic mass is 10.1. The summed E-state index contributed by atoms with van der Waals surface area (Å²) >= 11 is 0. The van der Waals surface area contributed by atoms with E-state index in [2.05, 4.69) is 5.32 Å². The average Bonchev–Trinajstić information content (AvgIpc) is 2.75. The Balaban J connectivity index is 1.55. The minimum Gasteiger partial charge on any atom is -0.484 e. The van der Waals surface area contributed by atoms with Crippen LogP contribution < -0.4 is 14.8 Å². The second kappa shape index (κ2) is 9.34. The van der Waals surface area contributed by atoms with Crippen LogP contribution in [0.25, 0.3) is 11.1 Å². The number of aryl methyl sites for hydroxylation is 1. The van der Waals surface area contributed by atoms with Gasteiger partial charge in [0.25, 0.3) is 5.91 Å². The molecule has 0 saturated heterocycles. The second-order valence-corrected chi connectivity index (χ2v) is 7.63. The Morgan fingerprint density at radius 2 is 1.58 bits per heavy atom. The summed E-state index contributed by atoms with van der Waals surface area (Å²) in [7, 11) is 0. The van der Waals surface area contributed by atoms with Gasteiger partial charge in [-0.2, -0.15) is 0 Å². The SMILES string of the molecule is Cc1cc(OCC(=O)Nc2ccc(-c3ccccc3)cc2)ccc1OC(C)(C)C(=O)O. The Morgan fingerprint density at radius 1 is 0.935 bits per heavy atom. The number of amides is 1. The van der Waals surface area contributed by atoms with Crippen molar-refractivity contribution in [1.29, 1.82) is 0 Å². The Labute approximate surface area is 181 Å². The number of rotatable bonds is 8. The summed E-state index contributed by atoms with van der Waals surface area (Å²) in [6, 6.07) is 22.6. The van der Waals surface area contributed by atoms with Crippen LogP contribution in [0.5, 0.6) is 11.5 Å². The lowest BCUT2D eigenvalue weighted by Crippen LogP contribution is -2.38. The third-order valence-electron chi connectivity index (χ3n) is 4.67. The summed E-state index contributed by atoms with van der Waals surface area (Å²) in [5, 5.41) is 12.0. The maximum atomic E-state index is 12.2. The Kier molecular flexibility index (Phi) is 6.60. The predicted molar refractivity (Wildman–Crippen MR) is 120 cm³/mol. The van der Waals surface area contributed by atoms with Gasteiger partial charge in [0.15, 0.2) is 12.2 Å². The van der Waals surface area contributed by atoms with E-state index in [1.165, 1.54) is 13.8 Å². The average molecular weight is 419 g/mol. The molecule has 3 aromatic rings. The van der Waals surface area contributed by atoms with E-state index in [0.29, 0.717) is 22.7 Å². The Hall–Kier alpha value is -3.80. The van der Waals surface area contributed by atoms with Crippen molar-refractivity contribution in [3.63, 3.8) is 0 Å². The van der Waals surface area contributed by atoms with E-state index in [1.54, 1.807) is 25.1 Å². The molecule has 0 spiro atoms. The molecular formula is C25H25NO5. The van der Waals surface area contributed by atoms with Gasteiger partial charge in [0.05, 0.1) is 0 Å². The van der Waals surface area contributed by atoms with Gasteiger partial charge in [0, 0.05) is 5.69 Å².